The number of fused-ring (bicyclic) bond motifs is 2. The van der Waals surface area contributed by atoms with Crippen LogP contribution in [0.3, 0.4) is 0 Å². The molecule has 2 aliphatic rings. The van der Waals surface area contributed by atoms with E-state index in [0.29, 0.717) is 42.1 Å². The summed E-state index contributed by atoms with van der Waals surface area (Å²) in [4.78, 5) is 38.4. The molecule has 6 heterocycles. The van der Waals surface area contributed by atoms with Crippen molar-refractivity contribution in [2.75, 3.05) is 47.9 Å². The molecule has 2 aromatic carbocycles. The number of hydrogen-bond donors (Lipinski definition) is 6. The molecule has 0 radical (unpaired) electrons. The summed E-state index contributed by atoms with van der Waals surface area (Å²) in [7, 11) is 0. The van der Waals surface area contributed by atoms with Crippen molar-refractivity contribution < 1.29 is 14.3 Å². The zero-order valence-electron chi connectivity index (χ0n) is 38.4. The Balaban J connectivity index is 0.000000194. The van der Waals surface area contributed by atoms with Crippen LogP contribution >= 0.6 is 0 Å². The number of nitrogen functional groups attached to an aromatic ring is 1. The number of nitrogens with two attached hydrogens (primary N) is 3. The van der Waals surface area contributed by atoms with E-state index < -0.39 is 11.6 Å². The third kappa shape index (κ3) is 13.2. The van der Waals surface area contributed by atoms with Gasteiger partial charge in [0.15, 0.2) is 11.6 Å². The first-order valence-corrected chi connectivity index (χ1v) is 22.8. The summed E-state index contributed by atoms with van der Waals surface area (Å²) < 4.78 is 9.18. The lowest BCUT2D eigenvalue weighted by molar-refractivity contribution is -0.156. The molecular weight excluding hydrogens is 821 g/mol. The second-order valence-corrected chi connectivity index (χ2v) is 18.8. The molecule has 0 aliphatic carbocycles. The van der Waals surface area contributed by atoms with E-state index in [4.69, 9.17) is 21.9 Å². The van der Waals surface area contributed by atoms with Crippen LogP contribution in [0.5, 0.6) is 0 Å². The molecule has 1 atom stereocenters. The van der Waals surface area contributed by atoms with Crippen LogP contribution in [-0.4, -0.2) is 94.7 Å². The van der Waals surface area contributed by atoms with Crippen molar-refractivity contribution in [2.45, 2.75) is 104 Å². The van der Waals surface area contributed by atoms with Gasteiger partial charge in [0, 0.05) is 60.7 Å². The average molecular weight is 887 g/mol. The van der Waals surface area contributed by atoms with Crippen LogP contribution in [0.1, 0.15) is 84.3 Å². The topological polar surface area (TPSA) is 224 Å². The number of rotatable bonds is 14. The van der Waals surface area contributed by atoms with E-state index in [-0.39, 0.29) is 11.9 Å². The number of anilines is 6. The number of likely N-dealkylation sites (tertiary alicyclic amines) is 2. The largest absolute Gasteiger partial charge is 0.460 e. The molecule has 65 heavy (non-hydrogen) atoms. The van der Waals surface area contributed by atoms with E-state index in [9.17, 15) is 9.59 Å². The number of nitrogens with zero attached hydrogens (tertiary/aromatic N) is 8. The molecule has 2 aliphatic heterocycles. The summed E-state index contributed by atoms with van der Waals surface area (Å²) in [5.74, 6) is 1.95. The SMILES string of the molecule is CC(C)(C)OC(=O)CC1CCN(Cc2ccn3ncnc(Nc4cccc(N)c4)c23)CC1.CC(C)C[C@@H](N)C(=O)Nc1cccc(Nc2ncnn3ccc(CN4CCC(N)CC4)c23)c1. The first-order chi connectivity index (χ1) is 31.2. The number of carbonyl (C=O) groups is 2. The Hall–Kier alpha value is -6.14. The summed E-state index contributed by atoms with van der Waals surface area (Å²) in [6.07, 6.45) is 12.2. The molecule has 4 aromatic heterocycles. The zero-order valence-corrected chi connectivity index (χ0v) is 38.4. The van der Waals surface area contributed by atoms with Gasteiger partial charge < -0.3 is 37.9 Å². The summed E-state index contributed by atoms with van der Waals surface area (Å²) in [6.45, 7) is 15.4. The molecule has 2 fully saturated rings. The van der Waals surface area contributed by atoms with Crippen molar-refractivity contribution in [3.63, 3.8) is 0 Å². The lowest BCUT2D eigenvalue weighted by Gasteiger charge is -2.32. The highest BCUT2D eigenvalue weighted by Gasteiger charge is 2.26. The molecule has 346 valence electrons. The van der Waals surface area contributed by atoms with E-state index in [1.807, 2.05) is 90.7 Å². The van der Waals surface area contributed by atoms with Crippen LogP contribution in [0.25, 0.3) is 11.0 Å². The Morgan fingerprint density at radius 3 is 1.83 bits per heavy atom. The normalized spacial score (nSPS) is 16.0. The fraction of sp³-hybridized carbons (Fsp3) is 0.458. The molecule has 8 rings (SSSR count). The van der Waals surface area contributed by atoms with Gasteiger partial charge in [-0.25, -0.2) is 19.0 Å². The van der Waals surface area contributed by atoms with Gasteiger partial charge in [-0.2, -0.15) is 10.2 Å². The molecular formula is C48H66N14O3. The fourth-order valence-electron chi connectivity index (χ4n) is 8.45. The van der Waals surface area contributed by atoms with Crippen LogP contribution in [0.2, 0.25) is 0 Å². The molecule has 6 aromatic rings. The lowest BCUT2D eigenvalue weighted by Crippen LogP contribution is -2.39. The Kier molecular flexibility index (Phi) is 15.3. The minimum absolute atomic E-state index is 0.0937. The number of ether oxygens (including phenoxy) is 1. The number of nitrogens with one attached hydrogen (secondary N) is 3. The van der Waals surface area contributed by atoms with Gasteiger partial charge in [0.05, 0.1) is 6.04 Å². The van der Waals surface area contributed by atoms with Gasteiger partial charge in [-0.15, -0.1) is 0 Å². The van der Waals surface area contributed by atoms with Crippen LogP contribution in [0.4, 0.5) is 34.4 Å². The first-order valence-electron chi connectivity index (χ1n) is 22.8. The highest BCUT2D eigenvalue weighted by molar-refractivity contribution is 5.95. The zero-order chi connectivity index (χ0) is 46.1. The van der Waals surface area contributed by atoms with E-state index >= 15 is 0 Å². The molecule has 17 heteroatoms. The highest BCUT2D eigenvalue weighted by Crippen LogP contribution is 2.29. The minimum atomic E-state index is -0.532. The van der Waals surface area contributed by atoms with Crippen LogP contribution < -0.4 is 33.2 Å². The Labute approximate surface area is 381 Å². The van der Waals surface area contributed by atoms with Crippen molar-refractivity contribution in [1.82, 2.24) is 39.0 Å². The smallest absolute Gasteiger partial charge is 0.306 e. The Morgan fingerprint density at radius 2 is 1.29 bits per heavy atom. The summed E-state index contributed by atoms with van der Waals surface area (Å²) >= 11 is 0. The minimum Gasteiger partial charge on any atom is -0.460 e. The van der Waals surface area contributed by atoms with Gasteiger partial charge in [0.2, 0.25) is 5.91 Å². The lowest BCUT2D eigenvalue weighted by atomic mass is 9.93. The summed E-state index contributed by atoms with van der Waals surface area (Å²) in [5, 5.41) is 18.4. The number of amides is 1. The maximum atomic E-state index is 12.4. The molecule has 0 saturated carbocycles. The van der Waals surface area contributed by atoms with Crippen molar-refractivity contribution in [1.29, 1.82) is 0 Å². The molecule has 0 unspecified atom stereocenters. The van der Waals surface area contributed by atoms with Crippen molar-refractivity contribution in [3.05, 3.63) is 96.8 Å². The monoisotopic (exact) mass is 887 g/mol. The maximum absolute atomic E-state index is 12.4. The molecule has 9 N–H and O–H groups in total. The molecule has 1 amide bonds. The van der Waals surface area contributed by atoms with Crippen LogP contribution in [0.15, 0.2) is 85.7 Å². The fourth-order valence-corrected chi connectivity index (χ4v) is 8.45. The second kappa shape index (κ2) is 21.2. The number of benzene rings is 2. The quantitative estimate of drug-likeness (QED) is 0.0495. The van der Waals surface area contributed by atoms with E-state index in [1.54, 1.807) is 6.33 Å². The molecule has 2 saturated heterocycles. The van der Waals surface area contributed by atoms with Crippen LogP contribution in [-0.2, 0) is 27.4 Å². The van der Waals surface area contributed by atoms with Crippen molar-refractivity contribution in [2.24, 2.45) is 23.3 Å². The number of aromatic nitrogens is 6. The van der Waals surface area contributed by atoms with Crippen molar-refractivity contribution in [3.8, 4) is 0 Å². The van der Waals surface area contributed by atoms with Gasteiger partial charge in [0.1, 0.15) is 29.3 Å². The predicted octanol–water partition coefficient (Wildman–Crippen LogP) is 6.71. The standard InChI is InChI=1S/C24H34N8O.C24H32N6O2/c1-16(2)12-21(26)24(33)30-20-5-3-4-19(13-20)29-23-22-17(6-11-32(22)28-15-27-23)14-31-9-7-18(25)8-10-31;1-24(2,3)32-21(31)13-17-7-10-29(11-8-17)15-18-9-12-30-22(18)23(26-16-27-30)28-20-6-4-5-19(25)14-20/h3-6,11,13,15-16,18,21H,7-10,12,14,25-26H2,1-2H3,(H,30,33)(H,27,28,29);4-6,9,12,14,16-17H,7-8,10-11,13,15,25H2,1-3H3,(H,26,27,28)/t21-;/m1./s1. The molecule has 0 bridgehead atoms. The number of esters is 1. The third-order valence-electron chi connectivity index (χ3n) is 11.7. The second-order valence-electron chi connectivity index (χ2n) is 18.8. The first kappa shape index (κ1) is 46.8. The van der Waals surface area contributed by atoms with Gasteiger partial charge >= 0.3 is 5.97 Å². The summed E-state index contributed by atoms with van der Waals surface area (Å²) in [5.41, 5.74) is 24.9. The van der Waals surface area contributed by atoms with Gasteiger partial charge in [-0.1, -0.05) is 26.0 Å². The van der Waals surface area contributed by atoms with E-state index in [1.165, 1.54) is 11.9 Å². The van der Waals surface area contributed by atoms with Crippen molar-refractivity contribution >= 4 is 57.3 Å². The number of hydrogen-bond acceptors (Lipinski definition) is 14. The van der Waals surface area contributed by atoms with Gasteiger partial charge in [0.25, 0.3) is 0 Å². The third-order valence-corrected chi connectivity index (χ3v) is 11.7. The van der Waals surface area contributed by atoms with Gasteiger partial charge in [-0.05, 0) is 151 Å². The molecule has 17 nitrogen and oxygen atoms in total. The van der Waals surface area contributed by atoms with Gasteiger partial charge in [-0.3, -0.25) is 19.4 Å². The number of carbonyl (C=O) groups excluding carboxylic acids is 2. The summed E-state index contributed by atoms with van der Waals surface area (Å²) in [6, 6.07) is 19.2. The predicted molar refractivity (Wildman–Crippen MR) is 257 cm³/mol. The average Bonchev–Trinajstić information content (AvgIpc) is 3.87. The Bertz CT molecular complexity index is 2510. The Morgan fingerprint density at radius 1 is 0.769 bits per heavy atom. The molecule has 0 spiro atoms. The van der Waals surface area contributed by atoms with Crippen LogP contribution in [0, 0.1) is 11.8 Å². The number of piperidine rings is 2. The highest BCUT2D eigenvalue weighted by atomic mass is 16.6. The van der Waals surface area contributed by atoms with E-state index in [2.05, 4.69) is 71.9 Å². The maximum Gasteiger partial charge on any atom is 0.306 e. The van der Waals surface area contributed by atoms with E-state index in [0.717, 1.165) is 105 Å².